The standard InChI is InChI=1S/C25H26BrN3O4S/c1-2-3-4-5-13-32-21-12-11-17(15-20(21)26)23(30)29-25(34)28-19-9-6-8-18(16-19)27-24(31)22-10-7-14-33-22/h6-12,14-16H,2-5,13H2,1H3,(H,27,31)(H2,28,29,30,34). The van der Waals surface area contributed by atoms with Crippen LogP contribution in [0, 0.1) is 0 Å². The molecule has 3 aromatic rings. The number of halogens is 1. The SMILES string of the molecule is CCCCCCOc1ccc(C(=O)NC(=S)Nc2cccc(NC(=O)c3ccco3)c2)cc1Br. The number of nitrogens with one attached hydrogen (secondary N) is 3. The van der Waals surface area contributed by atoms with Crippen molar-refractivity contribution in [1.82, 2.24) is 5.32 Å². The maximum Gasteiger partial charge on any atom is 0.291 e. The molecule has 34 heavy (non-hydrogen) atoms. The number of carbonyl (C=O) groups is 2. The topological polar surface area (TPSA) is 92.6 Å². The van der Waals surface area contributed by atoms with Gasteiger partial charge in [0.25, 0.3) is 11.8 Å². The average Bonchev–Trinajstić information content (AvgIpc) is 3.35. The Hall–Kier alpha value is -3.17. The molecule has 0 unspecified atom stereocenters. The number of benzene rings is 2. The fraction of sp³-hybridized carbons (Fsp3) is 0.240. The number of ether oxygens (including phenoxy) is 1. The van der Waals surface area contributed by atoms with Gasteiger partial charge in [0.05, 0.1) is 17.3 Å². The van der Waals surface area contributed by atoms with Gasteiger partial charge in [0, 0.05) is 16.9 Å². The zero-order valence-electron chi connectivity index (χ0n) is 18.7. The van der Waals surface area contributed by atoms with Gasteiger partial charge in [-0.3, -0.25) is 14.9 Å². The zero-order valence-corrected chi connectivity index (χ0v) is 21.1. The first-order valence-electron chi connectivity index (χ1n) is 11.0. The van der Waals surface area contributed by atoms with Crippen LogP contribution in [-0.2, 0) is 0 Å². The molecule has 0 atom stereocenters. The Labute approximate surface area is 212 Å². The summed E-state index contributed by atoms with van der Waals surface area (Å²) in [6, 6.07) is 15.3. The van der Waals surface area contributed by atoms with Crippen LogP contribution in [0.2, 0.25) is 0 Å². The van der Waals surface area contributed by atoms with E-state index in [1.54, 1.807) is 54.6 Å². The van der Waals surface area contributed by atoms with Crippen molar-refractivity contribution in [3.63, 3.8) is 0 Å². The summed E-state index contributed by atoms with van der Waals surface area (Å²) >= 11 is 8.74. The van der Waals surface area contributed by atoms with E-state index in [0.717, 1.165) is 12.8 Å². The quantitative estimate of drug-likeness (QED) is 0.203. The van der Waals surface area contributed by atoms with Crippen molar-refractivity contribution >= 4 is 56.4 Å². The highest BCUT2D eigenvalue weighted by molar-refractivity contribution is 9.10. The fourth-order valence-corrected chi connectivity index (χ4v) is 3.79. The van der Waals surface area contributed by atoms with Crippen molar-refractivity contribution < 1.29 is 18.7 Å². The summed E-state index contributed by atoms with van der Waals surface area (Å²) in [5, 5.41) is 8.48. The van der Waals surface area contributed by atoms with E-state index in [9.17, 15) is 9.59 Å². The van der Waals surface area contributed by atoms with Crippen LogP contribution in [-0.4, -0.2) is 23.5 Å². The first kappa shape index (κ1) is 25.5. The lowest BCUT2D eigenvalue weighted by Gasteiger charge is -2.12. The van der Waals surface area contributed by atoms with Crippen molar-refractivity contribution in [2.45, 2.75) is 32.6 Å². The maximum atomic E-state index is 12.6. The predicted octanol–water partition coefficient (Wildman–Crippen LogP) is 6.38. The number of amides is 2. The molecular formula is C25H26BrN3O4S. The van der Waals surface area contributed by atoms with Gasteiger partial charge in [0.15, 0.2) is 10.9 Å². The largest absolute Gasteiger partial charge is 0.492 e. The molecule has 0 aliphatic heterocycles. The monoisotopic (exact) mass is 543 g/mol. The molecule has 0 saturated heterocycles. The molecule has 1 heterocycles. The molecule has 1 aromatic heterocycles. The number of carbonyl (C=O) groups excluding carboxylic acids is 2. The van der Waals surface area contributed by atoms with E-state index >= 15 is 0 Å². The highest BCUT2D eigenvalue weighted by atomic mass is 79.9. The number of hydrogen-bond acceptors (Lipinski definition) is 5. The molecule has 3 rings (SSSR count). The number of anilines is 2. The van der Waals surface area contributed by atoms with E-state index < -0.39 is 0 Å². The van der Waals surface area contributed by atoms with Crippen molar-refractivity contribution in [2.75, 3.05) is 17.2 Å². The molecule has 0 fully saturated rings. The van der Waals surface area contributed by atoms with Crippen molar-refractivity contribution in [2.24, 2.45) is 0 Å². The molecule has 0 radical (unpaired) electrons. The van der Waals surface area contributed by atoms with Gasteiger partial charge < -0.3 is 19.8 Å². The lowest BCUT2D eigenvalue weighted by atomic mass is 10.2. The molecule has 3 N–H and O–H groups in total. The Balaban J connectivity index is 1.52. The van der Waals surface area contributed by atoms with Crippen molar-refractivity contribution in [3.05, 3.63) is 76.7 Å². The normalized spacial score (nSPS) is 10.4. The van der Waals surface area contributed by atoms with E-state index in [0.29, 0.717) is 33.8 Å². The van der Waals surface area contributed by atoms with Crippen molar-refractivity contribution in [3.8, 4) is 5.75 Å². The summed E-state index contributed by atoms with van der Waals surface area (Å²) in [6.07, 6.45) is 5.94. The van der Waals surface area contributed by atoms with Crippen LogP contribution in [0.4, 0.5) is 11.4 Å². The molecule has 178 valence electrons. The van der Waals surface area contributed by atoms with E-state index in [1.165, 1.54) is 19.1 Å². The first-order valence-corrected chi connectivity index (χ1v) is 12.2. The molecule has 0 bridgehead atoms. The van der Waals surface area contributed by atoms with Crippen LogP contribution < -0.4 is 20.7 Å². The van der Waals surface area contributed by atoms with Crippen LogP contribution in [0.3, 0.4) is 0 Å². The third-order valence-corrected chi connectivity index (χ3v) is 5.62. The summed E-state index contributed by atoms with van der Waals surface area (Å²) in [6.45, 7) is 2.81. The Morgan fingerprint density at radius 3 is 2.47 bits per heavy atom. The Morgan fingerprint density at radius 2 is 1.76 bits per heavy atom. The number of thiocarbonyl (C=S) groups is 1. The maximum absolute atomic E-state index is 12.6. The lowest BCUT2D eigenvalue weighted by molar-refractivity contribution is 0.0975. The molecular weight excluding hydrogens is 518 g/mol. The first-order chi connectivity index (χ1) is 16.5. The molecule has 0 aliphatic carbocycles. The van der Waals surface area contributed by atoms with E-state index in [-0.39, 0.29) is 22.7 Å². The van der Waals surface area contributed by atoms with Crippen LogP contribution in [0.25, 0.3) is 0 Å². The van der Waals surface area contributed by atoms with Gasteiger partial charge in [0.2, 0.25) is 0 Å². The molecule has 0 saturated carbocycles. The van der Waals surface area contributed by atoms with Crippen LogP contribution >= 0.6 is 28.1 Å². The molecule has 2 aromatic carbocycles. The lowest BCUT2D eigenvalue weighted by Crippen LogP contribution is -2.34. The summed E-state index contributed by atoms with van der Waals surface area (Å²) in [5.41, 5.74) is 1.60. The predicted molar refractivity (Wildman–Crippen MR) is 141 cm³/mol. The minimum absolute atomic E-state index is 0.131. The van der Waals surface area contributed by atoms with Crippen LogP contribution in [0.1, 0.15) is 53.5 Å². The smallest absolute Gasteiger partial charge is 0.291 e. The number of rotatable bonds is 10. The third kappa shape index (κ3) is 7.71. The fourth-order valence-electron chi connectivity index (χ4n) is 3.08. The second-order valence-electron chi connectivity index (χ2n) is 7.47. The highest BCUT2D eigenvalue weighted by Gasteiger charge is 2.12. The zero-order chi connectivity index (χ0) is 24.3. The molecule has 7 nitrogen and oxygen atoms in total. The average molecular weight is 544 g/mol. The Bertz CT molecular complexity index is 1130. The van der Waals surface area contributed by atoms with Gasteiger partial charge in [-0.15, -0.1) is 0 Å². The van der Waals surface area contributed by atoms with Crippen LogP contribution in [0.15, 0.2) is 69.8 Å². The van der Waals surface area contributed by atoms with Gasteiger partial charge in [-0.25, -0.2) is 0 Å². The number of hydrogen-bond donors (Lipinski definition) is 3. The summed E-state index contributed by atoms with van der Waals surface area (Å²) in [5.74, 6) is 0.189. The van der Waals surface area contributed by atoms with Gasteiger partial charge in [-0.1, -0.05) is 32.3 Å². The Morgan fingerprint density at radius 1 is 0.971 bits per heavy atom. The van der Waals surface area contributed by atoms with E-state index in [1.807, 2.05) is 0 Å². The minimum Gasteiger partial charge on any atom is -0.492 e. The van der Waals surface area contributed by atoms with Gasteiger partial charge in [-0.2, -0.15) is 0 Å². The van der Waals surface area contributed by atoms with Crippen molar-refractivity contribution in [1.29, 1.82) is 0 Å². The molecule has 0 spiro atoms. The molecule has 0 aliphatic rings. The summed E-state index contributed by atoms with van der Waals surface area (Å²) in [7, 11) is 0. The Kier molecular flexibility index (Phi) is 9.66. The highest BCUT2D eigenvalue weighted by Crippen LogP contribution is 2.26. The number of furan rings is 1. The third-order valence-electron chi connectivity index (χ3n) is 4.80. The van der Waals surface area contributed by atoms with Crippen LogP contribution in [0.5, 0.6) is 5.75 Å². The minimum atomic E-state index is -0.364. The molecule has 2 amide bonds. The second-order valence-corrected chi connectivity index (χ2v) is 8.74. The summed E-state index contributed by atoms with van der Waals surface area (Å²) in [4.78, 5) is 24.8. The number of unbranched alkanes of at least 4 members (excludes halogenated alkanes) is 3. The van der Waals surface area contributed by atoms with E-state index in [4.69, 9.17) is 21.4 Å². The van der Waals surface area contributed by atoms with Gasteiger partial charge in [-0.05, 0) is 83.1 Å². The van der Waals surface area contributed by atoms with Gasteiger partial charge in [0.1, 0.15) is 5.75 Å². The van der Waals surface area contributed by atoms with Gasteiger partial charge >= 0.3 is 0 Å². The summed E-state index contributed by atoms with van der Waals surface area (Å²) < 4.78 is 11.6. The second kappa shape index (κ2) is 12.9. The van der Waals surface area contributed by atoms with E-state index in [2.05, 4.69) is 38.8 Å². The molecule has 9 heteroatoms.